The highest BCUT2D eigenvalue weighted by molar-refractivity contribution is 5.93. The van der Waals surface area contributed by atoms with Crippen LogP contribution >= 0.6 is 0 Å². The third kappa shape index (κ3) is 4.40. The molecule has 1 saturated heterocycles. The molecule has 0 unspecified atom stereocenters. The summed E-state index contributed by atoms with van der Waals surface area (Å²) in [5.74, 6) is 1.24. The molecule has 1 amide bonds. The van der Waals surface area contributed by atoms with E-state index in [0.29, 0.717) is 30.8 Å². The van der Waals surface area contributed by atoms with Crippen molar-refractivity contribution in [3.8, 4) is 22.6 Å². The predicted molar refractivity (Wildman–Crippen MR) is 128 cm³/mol. The molecule has 1 N–H and O–H groups in total. The van der Waals surface area contributed by atoms with E-state index >= 15 is 0 Å². The zero-order valence-electron chi connectivity index (χ0n) is 19.3. The molecule has 2 atom stereocenters. The summed E-state index contributed by atoms with van der Waals surface area (Å²) in [6.07, 6.45) is 4.58. The van der Waals surface area contributed by atoms with Crippen LogP contribution in [-0.2, 0) is 4.79 Å². The molecule has 0 bridgehead atoms. The van der Waals surface area contributed by atoms with Gasteiger partial charge in [0.15, 0.2) is 6.61 Å². The summed E-state index contributed by atoms with van der Waals surface area (Å²) < 4.78 is 16.4. The molecule has 2 aliphatic rings. The van der Waals surface area contributed by atoms with Gasteiger partial charge in [-0.2, -0.15) is 0 Å². The second-order valence-corrected chi connectivity index (χ2v) is 9.29. The maximum absolute atomic E-state index is 12.8. The Bertz CT molecular complexity index is 1250. The summed E-state index contributed by atoms with van der Waals surface area (Å²) >= 11 is 0. The van der Waals surface area contributed by atoms with Gasteiger partial charge < -0.3 is 23.9 Å². The summed E-state index contributed by atoms with van der Waals surface area (Å²) in [4.78, 5) is 26.8. The molecule has 178 valence electrons. The van der Waals surface area contributed by atoms with Crippen LogP contribution in [0.5, 0.6) is 11.5 Å². The molecule has 7 heteroatoms. The number of nitrogens with zero attached hydrogens (tertiary/aromatic N) is 1. The minimum atomic E-state index is -0.618. The number of aliphatic hydroxyl groups is 1. The van der Waals surface area contributed by atoms with E-state index in [1.54, 1.807) is 24.1 Å². The fraction of sp³-hybridized carbons (Fsp3) is 0.407. The summed E-state index contributed by atoms with van der Waals surface area (Å²) in [5, 5.41) is 11.6. The summed E-state index contributed by atoms with van der Waals surface area (Å²) in [7, 11) is 1.61. The molecule has 3 aromatic rings. The SMILES string of the molecule is COc1ccc(-c2cc(=O)oc3cc(OCC(=O)N4CC[C@@]5(O)CCCC[C@@H]5C4)ccc23)cc1. The first kappa shape index (κ1) is 22.5. The van der Waals surface area contributed by atoms with Crippen molar-refractivity contribution in [1.82, 2.24) is 4.90 Å². The van der Waals surface area contributed by atoms with E-state index in [1.165, 1.54) is 6.07 Å². The van der Waals surface area contributed by atoms with Gasteiger partial charge >= 0.3 is 5.63 Å². The maximum Gasteiger partial charge on any atom is 0.336 e. The Morgan fingerprint density at radius 2 is 1.91 bits per heavy atom. The highest BCUT2D eigenvalue weighted by Crippen LogP contribution is 2.39. The van der Waals surface area contributed by atoms with Gasteiger partial charge in [-0.25, -0.2) is 4.79 Å². The number of carbonyl (C=O) groups excluding carboxylic acids is 1. The van der Waals surface area contributed by atoms with Crippen LogP contribution in [0.2, 0.25) is 0 Å². The van der Waals surface area contributed by atoms with E-state index < -0.39 is 11.2 Å². The highest BCUT2D eigenvalue weighted by Gasteiger charge is 2.43. The number of rotatable bonds is 5. The molecule has 0 radical (unpaired) electrons. The second kappa shape index (κ2) is 9.14. The summed E-state index contributed by atoms with van der Waals surface area (Å²) in [6.45, 7) is 1.03. The minimum absolute atomic E-state index is 0.0962. The van der Waals surface area contributed by atoms with Crippen molar-refractivity contribution in [2.45, 2.75) is 37.7 Å². The number of methoxy groups -OCH3 is 1. The third-order valence-electron chi connectivity index (χ3n) is 7.26. The van der Waals surface area contributed by atoms with Gasteiger partial charge in [-0.15, -0.1) is 0 Å². The van der Waals surface area contributed by atoms with E-state index in [1.807, 2.05) is 30.3 Å². The topological polar surface area (TPSA) is 89.2 Å². The number of ether oxygens (including phenoxy) is 2. The van der Waals surface area contributed by atoms with E-state index in [2.05, 4.69) is 0 Å². The lowest BCUT2D eigenvalue weighted by atomic mass is 9.71. The Hall–Kier alpha value is -3.32. The van der Waals surface area contributed by atoms with E-state index in [4.69, 9.17) is 13.9 Å². The average Bonchev–Trinajstić information content (AvgIpc) is 2.86. The van der Waals surface area contributed by atoms with Crippen LogP contribution in [0.1, 0.15) is 32.1 Å². The van der Waals surface area contributed by atoms with Gasteiger partial charge in [-0.1, -0.05) is 25.0 Å². The van der Waals surface area contributed by atoms with Crippen LogP contribution in [0.15, 0.2) is 57.7 Å². The molecule has 5 rings (SSSR count). The molecule has 1 aliphatic heterocycles. The summed E-state index contributed by atoms with van der Waals surface area (Å²) in [5.41, 5.74) is 0.946. The molecule has 1 aliphatic carbocycles. The minimum Gasteiger partial charge on any atom is -0.497 e. The van der Waals surface area contributed by atoms with Crippen LogP contribution in [0.3, 0.4) is 0 Å². The number of hydrogen-bond donors (Lipinski definition) is 1. The van der Waals surface area contributed by atoms with E-state index in [0.717, 1.165) is 47.9 Å². The number of likely N-dealkylation sites (tertiary alicyclic amines) is 1. The summed E-state index contributed by atoms with van der Waals surface area (Å²) in [6, 6.07) is 14.2. The number of piperidine rings is 1. The molecule has 1 aromatic heterocycles. The van der Waals surface area contributed by atoms with Crippen molar-refractivity contribution >= 4 is 16.9 Å². The smallest absolute Gasteiger partial charge is 0.336 e. The molecule has 2 heterocycles. The Kier molecular flexibility index (Phi) is 6.04. The largest absolute Gasteiger partial charge is 0.497 e. The van der Waals surface area contributed by atoms with Crippen LogP contribution in [0.4, 0.5) is 0 Å². The van der Waals surface area contributed by atoms with Crippen molar-refractivity contribution in [3.05, 3.63) is 59.0 Å². The molecule has 0 spiro atoms. The third-order valence-corrected chi connectivity index (χ3v) is 7.26. The Morgan fingerprint density at radius 3 is 2.71 bits per heavy atom. The molecular formula is C27H29NO6. The van der Waals surface area contributed by atoms with Gasteiger partial charge in [0, 0.05) is 36.5 Å². The normalized spacial score (nSPS) is 22.3. The number of benzene rings is 2. The Labute approximate surface area is 197 Å². The van der Waals surface area contributed by atoms with Crippen molar-refractivity contribution < 1.29 is 23.8 Å². The highest BCUT2D eigenvalue weighted by atomic mass is 16.5. The quantitative estimate of drug-likeness (QED) is 0.576. The first-order chi connectivity index (χ1) is 16.4. The van der Waals surface area contributed by atoms with E-state index in [-0.39, 0.29) is 18.4 Å². The standard InChI is InChI=1S/C27H29NO6/c1-32-20-7-5-18(6-8-20)23-15-26(30)34-24-14-21(9-10-22(23)24)33-17-25(29)28-13-12-27(31)11-3-2-4-19(27)16-28/h5-10,14-15,19,31H,2-4,11-13,16-17H2,1H3/t19-,27+/m1/s1. The number of hydrogen-bond acceptors (Lipinski definition) is 6. The molecule has 7 nitrogen and oxygen atoms in total. The molecule has 34 heavy (non-hydrogen) atoms. The zero-order valence-corrected chi connectivity index (χ0v) is 19.3. The van der Waals surface area contributed by atoms with Crippen LogP contribution < -0.4 is 15.1 Å². The second-order valence-electron chi connectivity index (χ2n) is 9.29. The predicted octanol–water partition coefficient (Wildman–Crippen LogP) is 4.00. The van der Waals surface area contributed by atoms with Crippen molar-refractivity contribution in [3.63, 3.8) is 0 Å². The van der Waals surface area contributed by atoms with Crippen molar-refractivity contribution in [1.29, 1.82) is 0 Å². The van der Waals surface area contributed by atoms with Gasteiger partial charge in [0.2, 0.25) is 0 Å². The van der Waals surface area contributed by atoms with Crippen LogP contribution in [0.25, 0.3) is 22.1 Å². The lowest BCUT2D eigenvalue weighted by molar-refractivity contribution is -0.145. The zero-order chi connectivity index (χ0) is 23.7. The lowest BCUT2D eigenvalue weighted by Crippen LogP contribution is -2.55. The van der Waals surface area contributed by atoms with Gasteiger partial charge in [-0.3, -0.25) is 4.79 Å². The molecule has 1 saturated carbocycles. The van der Waals surface area contributed by atoms with Crippen LogP contribution in [0, 0.1) is 5.92 Å². The van der Waals surface area contributed by atoms with Gasteiger partial charge in [0.25, 0.3) is 5.91 Å². The monoisotopic (exact) mass is 463 g/mol. The number of amides is 1. The maximum atomic E-state index is 12.8. The number of fused-ring (bicyclic) bond motifs is 2. The molecule has 2 fully saturated rings. The van der Waals surface area contributed by atoms with Gasteiger partial charge in [0.05, 0.1) is 12.7 Å². The van der Waals surface area contributed by atoms with Crippen LogP contribution in [-0.4, -0.2) is 48.3 Å². The fourth-order valence-electron chi connectivity index (χ4n) is 5.28. The first-order valence-corrected chi connectivity index (χ1v) is 11.8. The first-order valence-electron chi connectivity index (χ1n) is 11.8. The van der Waals surface area contributed by atoms with Crippen molar-refractivity contribution in [2.24, 2.45) is 5.92 Å². The van der Waals surface area contributed by atoms with Gasteiger partial charge in [0.1, 0.15) is 17.1 Å². The lowest BCUT2D eigenvalue weighted by Gasteiger charge is -2.47. The number of carbonyl (C=O) groups is 1. The Morgan fingerprint density at radius 1 is 1.12 bits per heavy atom. The van der Waals surface area contributed by atoms with Gasteiger partial charge in [-0.05, 0) is 54.7 Å². The van der Waals surface area contributed by atoms with E-state index in [9.17, 15) is 14.7 Å². The fourth-order valence-corrected chi connectivity index (χ4v) is 5.28. The average molecular weight is 464 g/mol. The Balaban J connectivity index is 1.30. The van der Waals surface area contributed by atoms with Crippen molar-refractivity contribution in [2.75, 3.05) is 26.8 Å². The molecular weight excluding hydrogens is 434 g/mol. The molecule has 2 aromatic carbocycles.